The lowest BCUT2D eigenvalue weighted by atomic mass is 10.0. The molecule has 0 atom stereocenters. The van der Waals surface area contributed by atoms with Crippen LogP contribution in [0.5, 0.6) is 0 Å². The second kappa shape index (κ2) is 9.96. The highest BCUT2D eigenvalue weighted by Gasteiger charge is 2.13. The largest absolute Gasteiger partial charge is 0.371 e. The van der Waals surface area contributed by atoms with E-state index in [1.165, 1.54) is 31.0 Å². The van der Waals surface area contributed by atoms with E-state index in [4.69, 9.17) is 16.6 Å². The van der Waals surface area contributed by atoms with Crippen molar-refractivity contribution < 1.29 is 4.79 Å². The molecule has 1 N–H and O–H groups in total. The van der Waals surface area contributed by atoms with Gasteiger partial charge in [-0.25, -0.2) is 9.97 Å². The highest BCUT2D eigenvalue weighted by atomic mass is 35.5. The van der Waals surface area contributed by atoms with Crippen molar-refractivity contribution in [2.45, 2.75) is 32.6 Å². The molecule has 0 saturated carbocycles. The number of piperidine rings is 1. The Bertz CT molecular complexity index is 1140. The van der Waals surface area contributed by atoms with Crippen LogP contribution in [-0.2, 0) is 11.2 Å². The maximum Gasteiger partial charge on any atom is 0.227 e. The highest BCUT2D eigenvalue weighted by Crippen LogP contribution is 2.29. The van der Waals surface area contributed by atoms with Gasteiger partial charge < -0.3 is 10.2 Å². The summed E-state index contributed by atoms with van der Waals surface area (Å²) in [5, 5.41) is 3.91. The lowest BCUT2D eigenvalue weighted by molar-refractivity contribution is -0.114. The summed E-state index contributed by atoms with van der Waals surface area (Å²) in [5.41, 5.74) is 5.57. The molecular weight excluding hydrogens is 420 g/mol. The molecule has 5 nitrogen and oxygen atoms in total. The Balaban J connectivity index is 1.60. The average Bonchev–Trinajstić information content (AvgIpc) is 2.80. The molecule has 6 heteroatoms. The Morgan fingerprint density at radius 3 is 2.78 bits per heavy atom. The van der Waals surface area contributed by atoms with Crippen LogP contribution < -0.4 is 10.2 Å². The first-order chi connectivity index (χ1) is 15.5. The number of anilines is 3. The van der Waals surface area contributed by atoms with Gasteiger partial charge >= 0.3 is 0 Å². The van der Waals surface area contributed by atoms with Gasteiger partial charge in [0.15, 0.2) is 5.78 Å². The van der Waals surface area contributed by atoms with E-state index in [2.05, 4.69) is 40.0 Å². The summed E-state index contributed by atoms with van der Waals surface area (Å²) < 4.78 is 0. The number of carbonyl (C=O) groups is 1. The van der Waals surface area contributed by atoms with E-state index >= 15 is 0 Å². The molecule has 1 aliphatic rings. The molecule has 0 unspecified atom stereocenters. The van der Waals surface area contributed by atoms with Gasteiger partial charge in [0, 0.05) is 47.7 Å². The summed E-state index contributed by atoms with van der Waals surface area (Å²) in [6.07, 6.45) is 7.17. The maximum absolute atomic E-state index is 11.8. The number of rotatable bonds is 7. The number of nitrogens with zero attached hydrogens (tertiary/aromatic N) is 3. The number of carbonyl (C=O) groups excluding carboxylic acids is 1. The number of hydrogen-bond donors (Lipinski definition) is 1. The monoisotopic (exact) mass is 446 g/mol. The Kier molecular flexibility index (Phi) is 6.86. The summed E-state index contributed by atoms with van der Waals surface area (Å²) >= 11 is 6.34. The van der Waals surface area contributed by atoms with Crippen LogP contribution in [0.25, 0.3) is 11.3 Å². The van der Waals surface area contributed by atoms with Gasteiger partial charge in [-0.3, -0.25) is 4.79 Å². The van der Waals surface area contributed by atoms with E-state index in [0.717, 1.165) is 41.2 Å². The van der Waals surface area contributed by atoms with Crippen LogP contribution in [0.1, 0.15) is 30.4 Å². The highest BCUT2D eigenvalue weighted by molar-refractivity contribution is 6.31. The van der Waals surface area contributed by atoms with Gasteiger partial charge in [0.05, 0.1) is 5.69 Å². The third-order valence-corrected chi connectivity index (χ3v) is 5.85. The zero-order chi connectivity index (χ0) is 22.5. The Hall–Kier alpha value is -3.18. The van der Waals surface area contributed by atoms with Crippen molar-refractivity contribution in [3.05, 3.63) is 77.5 Å². The predicted molar refractivity (Wildman–Crippen MR) is 132 cm³/mol. The summed E-state index contributed by atoms with van der Waals surface area (Å²) in [6, 6.07) is 14.0. The van der Waals surface area contributed by atoms with Crippen LogP contribution in [0.3, 0.4) is 0 Å². The van der Waals surface area contributed by atoms with Crippen molar-refractivity contribution in [3.63, 3.8) is 0 Å². The van der Waals surface area contributed by atoms with Crippen LogP contribution >= 0.6 is 11.6 Å². The molecule has 2 aromatic carbocycles. The molecule has 0 aliphatic carbocycles. The first kappa shape index (κ1) is 22.0. The van der Waals surface area contributed by atoms with E-state index < -0.39 is 0 Å². The van der Waals surface area contributed by atoms with Crippen LogP contribution in [0.2, 0.25) is 5.02 Å². The van der Waals surface area contributed by atoms with E-state index in [1.54, 1.807) is 12.3 Å². The van der Waals surface area contributed by atoms with Gasteiger partial charge in [0.1, 0.15) is 0 Å². The van der Waals surface area contributed by atoms with Gasteiger partial charge in [0.25, 0.3) is 0 Å². The van der Waals surface area contributed by atoms with Crippen molar-refractivity contribution in [2.75, 3.05) is 23.3 Å². The van der Waals surface area contributed by atoms with Crippen molar-refractivity contribution in [3.8, 4) is 11.3 Å². The molecule has 0 bridgehead atoms. The van der Waals surface area contributed by atoms with Crippen LogP contribution in [0, 0.1) is 6.92 Å². The number of benzene rings is 2. The Morgan fingerprint density at radius 2 is 2.00 bits per heavy atom. The topological polar surface area (TPSA) is 58.1 Å². The fraction of sp³-hybridized carbons (Fsp3) is 0.269. The van der Waals surface area contributed by atoms with Crippen molar-refractivity contribution in [2.24, 2.45) is 0 Å². The van der Waals surface area contributed by atoms with E-state index in [1.807, 2.05) is 25.1 Å². The summed E-state index contributed by atoms with van der Waals surface area (Å²) in [5.74, 6) is 0.471. The third-order valence-electron chi connectivity index (χ3n) is 5.63. The van der Waals surface area contributed by atoms with Gasteiger partial charge in [-0.1, -0.05) is 24.2 Å². The molecular formula is C26H27ClN4O. The molecule has 2 heterocycles. The van der Waals surface area contributed by atoms with E-state index in [0.29, 0.717) is 11.0 Å². The summed E-state index contributed by atoms with van der Waals surface area (Å²) in [7, 11) is 0. The summed E-state index contributed by atoms with van der Waals surface area (Å²) in [6.45, 7) is 7.71. The minimum atomic E-state index is -0.0476. The average molecular weight is 447 g/mol. The zero-order valence-corrected chi connectivity index (χ0v) is 19.0. The van der Waals surface area contributed by atoms with Gasteiger partial charge in [-0.05, 0) is 79.8 Å². The summed E-state index contributed by atoms with van der Waals surface area (Å²) in [4.78, 5) is 23.5. The first-order valence-electron chi connectivity index (χ1n) is 10.9. The van der Waals surface area contributed by atoms with Gasteiger partial charge in [-0.2, -0.15) is 0 Å². The quantitative estimate of drug-likeness (QED) is 0.442. The minimum Gasteiger partial charge on any atom is -0.371 e. The van der Waals surface area contributed by atoms with Crippen molar-refractivity contribution >= 4 is 34.7 Å². The fourth-order valence-corrected chi connectivity index (χ4v) is 4.28. The molecule has 0 spiro atoms. The number of nitrogens with one attached hydrogen (secondary N) is 1. The normalized spacial score (nSPS) is 13.6. The van der Waals surface area contributed by atoms with E-state index in [-0.39, 0.29) is 12.2 Å². The van der Waals surface area contributed by atoms with Crippen LogP contribution in [0.15, 0.2) is 61.3 Å². The minimum absolute atomic E-state index is 0.0476. The number of aryl methyl sites for hydroxylation is 1. The third kappa shape index (κ3) is 5.35. The molecule has 164 valence electrons. The second-order valence-corrected chi connectivity index (χ2v) is 8.58. The molecule has 1 fully saturated rings. The standard InChI is InChI=1S/C26H27ClN4O/c1-3-24(32)14-19-12-20(15-21(27)13-19)25-18(2)17-28-26(30-25)29-22-8-7-9-23(16-22)31-10-5-4-6-11-31/h3,7-9,12-13,15-17H,1,4-6,10-11,14H2,2H3,(H,28,29,30). The zero-order valence-electron chi connectivity index (χ0n) is 18.3. The lowest BCUT2D eigenvalue weighted by Gasteiger charge is -2.29. The SMILES string of the molecule is C=CC(=O)Cc1cc(Cl)cc(-c2nc(Nc3cccc(N4CCCCC4)c3)ncc2C)c1. The molecule has 1 aliphatic heterocycles. The first-order valence-corrected chi connectivity index (χ1v) is 11.3. The Morgan fingerprint density at radius 1 is 1.19 bits per heavy atom. The molecule has 1 aromatic heterocycles. The Labute approximate surface area is 194 Å². The van der Waals surface area contributed by atoms with Gasteiger partial charge in [-0.15, -0.1) is 0 Å². The number of hydrogen-bond acceptors (Lipinski definition) is 5. The second-order valence-electron chi connectivity index (χ2n) is 8.14. The maximum atomic E-state index is 11.8. The predicted octanol–water partition coefficient (Wildman–Crippen LogP) is 6.14. The smallest absolute Gasteiger partial charge is 0.227 e. The van der Waals surface area contributed by atoms with Crippen molar-refractivity contribution in [1.82, 2.24) is 9.97 Å². The van der Waals surface area contributed by atoms with Crippen LogP contribution in [0.4, 0.5) is 17.3 Å². The lowest BCUT2D eigenvalue weighted by Crippen LogP contribution is -2.29. The van der Waals surface area contributed by atoms with Crippen molar-refractivity contribution in [1.29, 1.82) is 0 Å². The molecule has 4 rings (SSSR count). The number of halogens is 1. The number of aromatic nitrogens is 2. The fourth-order valence-electron chi connectivity index (χ4n) is 4.02. The van der Waals surface area contributed by atoms with E-state index in [9.17, 15) is 4.79 Å². The van der Waals surface area contributed by atoms with Gasteiger partial charge in [0.2, 0.25) is 5.95 Å². The molecule has 32 heavy (non-hydrogen) atoms. The molecule has 0 radical (unpaired) electrons. The number of ketones is 1. The molecule has 0 amide bonds. The molecule has 3 aromatic rings. The number of allylic oxidation sites excluding steroid dienone is 1. The molecule has 1 saturated heterocycles. The van der Waals surface area contributed by atoms with Crippen LogP contribution in [-0.4, -0.2) is 28.8 Å².